The van der Waals surface area contributed by atoms with Gasteiger partial charge in [0, 0.05) is 16.0 Å². The second-order valence-electron chi connectivity index (χ2n) is 4.19. The monoisotopic (exact) mass is 287 g/mol. The van der Waals surface area contributed by atoms with Crippen LogP contribution in [-0.2, 0) is 5.75 Å². The second kappa shape index (κ2) is 5.15. The van der Waals surface area contributed by atoms with Gasteiger partial charge in [-0.05, 0) is 52.0 Å². The predicted molar refractivity (Wildman–Crippen MR) is 80.0 cm³/mol. The summed E-state index contributed by atoms with van der Waals surface area (Å²) < 4.78 is 0. The van der Waals surface area contributed by atoms with Gasteiger partial charge < -0.3 is 10.2 Å². The second-order valence-corrected chi connectivity index (χ2v) is 5.95. The molecule has 2 nitrogen and oxygen atoms in total. The molecule has 0 aliphatic rings. The Morgan fingerprint density at radius 2 is 1.79 bits per heavy atom. The molecular formula is C15H11O2S2. The summed E-state index contributed by atoms with van der Waals surface area (Å²) in [4.78, 5) is 1.14. The van der Waals surface area contributed by atoms with Crippen LogP contribution >= 0.6 is 23.1 Å². The van der Waals surface area contributed by atoms with E-state index in [0.29, 0.717) is 0 Å². The summed E-state index contributed by atoms with van der Waals surface area (Å²) in [6.07, 6.45) is 0. The van der Waals surface area contributed by atoms with Gasteiger partial charge in [0.1, 0.15) is 0 Å². The van der Waals surface area contributed by atoms with E-state index in [2.05, 4.69) is 11.4 Å². The van der Waals surface area contributed by atoms with Crippen LogP contribution in [0.15, 0.2) is 46.7 Å². The molecule has 0 saturated heterocycles. The third kappa shape index (κ3) is 2.69. The van der Waals surface area contributed by atoms with Gasteiger partial charge in [-0.15, -0.1) is 23.1 Å². The molecule has 0 saturated carbocycles. The normalized spacial score (nSPS) is 10.9. The third-order valence-corrected chi connectivity index (χ3v) is 4.52. The van der Waals surface area contributed by atoms with Crippen LogP contribution in [0.25, 0.3) is 10.8 Å². The van der Waals surface area contributed by atoms with Crippen LogP contribution in [0.4, 0.5) is 0 Å². The Kier molecular flexibility index (Phi) is 3.36. The molecule has 0 spiro atoms. The Labute approximate surface area is 119 Å². The number of fused-ring (bicyclic) bond motifs is 1. The van der Waals surface area contributed by atoms with Crippen molar-refractivity contribution >= 4 is 33.9 Å². The van der Waals surface area contributed by atoms with Crippen LogP contribution in [0.1, 0.15) is 5.56 Å². The van der Waals surface area contributed by atoms with Crippen molar-refractivity contribution in [2.24, 2.45) is 0 Å². The molecule has 0 unspecified atom stereocenters. The van der Waals surface area contributed by atoms with Gasteiger partial charge in [-0.2, -0.15) is 0 Å². The maximum Gasteiger partial charge on any atom is 0.158 e. The number of thioether (sulfide) groups is 1. The highest BCUT2D eigenvalue weighted by atomic mass is 32.2. The lowest BCUT2D eigenvalue weighted by Gasteiger charge is -2.05. The van der Waals surface area contributed by atoms with Crippen molar-refractivity contribution in [3.63, 3.8) is 0 Å². The zero-order chi connectivity index (χ0) is 13.2. The van der Waals surface area contributed by atoms with Gasteiger partial charge in [-0.3, -0.25) is 0 Å². The highest BCUT2D eigenvalue weighted by molar-refractivity contribution is 7.98. The maximum atomic E-state index is 9.53. The van der Waals surface area contributed by atoms with Gasteiger partial charge in [0.25, 0.3) is 0 Å². The first kappa shape index (κ1) is 12.4. The summed E-state index contributed by atoms with van der Waals surface area (Å²) in [6.45, 7) is 0. The van der Waals surface area contributed by atoms with Crippen LogP contribution in [0.2, 0.25) is 0 Å². The van der Waals surface area contributed by atoms with Crippen LogP contribution in [0, 0.1) is 5.38 Å². The SMILES string of the molecule is Oc1cc2ccc(SCc3[c]scc3)cc2cc1O. The van der Waals surface area contributed by atoms with Crippen molar-refractivity contribution in [2.75, 3.05) is 0 Å². The number of benzene rings is 2. The Morgan fingerprint density at radius 1 is 1.00 bits per heavy atom. The van der Waals surface area contributed by atoms with Gasteiger partial charge in [0.2, 0.25) is 0 Å². The standard InChI is InChI=1S/C15H11O2S2/c16-14-6-11-1-2-13(5-12(11)7-15(14)17)19-9-10-3-4-18-8-10/h1-7,16-17H,9H2. The molecular weight excluding hydrogens is 276 g/mol. The van der Waals surface area contributed by atoms with Gasteiger partial charge in [-0.25, -0.2) is 0 Å². The average Bonchev–Trinajstić information content (AvgIpc) is 2.91. The van der Waals surface area contributed by atoms with E-state index in [1.807, 2.05) is 23.6 Å². The Balaban J connectivity index is 1.86. The van der Waals surface area contributed by atoms with Crippen molar-refractivity contribution in [1.29, 1.82) is 0 Å². The van der Waals surface area contributed by atoms with Crippen LogP contribution in [0.3, 0.4) is 0 Å². The van der Waals surface area contributed by atoms with E-state index in [-0.39, 0.29) is 11.5 Å². The van der Waals surface area contributed by atoms with E-state index in [1.165, 1.54) is 5.56 Å². The lowest BCUT2D eigenvalue weighted by molar-refractivity contribution is 0.405. The topological polar surface area (TPSA) is 40.5 Å². The number of thiophene rings is 1. The number of hydrogen-bond donors (Lipinski definition) is 2. The first-order valence-corrected chi connectivity index (χ1v) is 7.61. The van der Waals surface area contributed by atoms with E-state index in [0.717, 1.165) is 21.4 Å². The van der Waals surface area contributed by atoms with Crippen LogP contribution < -0.4 is 0 Å². The molecule has 3 rings (SSSR count). The zero-order valence-electron chi connectivity index (χ0n) is 9.96. The molecule has 19 heavy (non-hydrogen) atoms. The average molecular weight is 287 g/mol. The Bertz CT molecular complexity index is 705. The Hall–Kier alpha value is -1.65. The van der Waals surface area contributed by atoms with Crippen molar-refractivity contribution in [2.45, 2.75) is 10.6 Å². The fourth-order valence-electron chi connectivity index (χ4n) is 1.84. The molecule has 1 radical (unpaired) electrons. The molecule has 1 heterocycles. The summed E-state index contributed by atoms with van der Waals surface area (Å²) in [5, 5.41) is 26.1. The minimum Gasteiger partial charge on any atom is -0.504 e. The number of aromatic hydroxyl groups is 2. The molecule has 1 aromatic heterocycles. The maximum absolute atomic E-state index is 9.53. The van der Waals surface area contributed by atoms with E-state index in [1.54, 1.807) is 35.2 Å². The summed E-state index contributed by atoms with van der Waals surface area (Å²) in [7, 11) is 0. The van der Waals surface area contributed by atoms with Gasteiger partial charge >= 0.3 is 0 Å². The van der Waals surface area contributed by atoms with Crippen molar-refractivity contribution in [3.05, 3.63) is 52.7 Å². The minimum atomic E-state index is -0.0826. The molecule has 3 aromatic rings. The van der Waals surface area contributed by atoms with E-state index < -0.39 is 0 Å². The van der Waals surface area contributed by atoms with Crippen molar-refractivity contribution in [3.8, 4) is 11.5 Å². The van der Waals surface area contributed by atoms with E-state index in [9.17, 15) is 10.2 Å². The molecule has 0 aliphatic heterocycles. The van der Waals surface area contributed by atoms with E-state index >= 15 is 0 Å². The lowest BCUT2D eigenvalue weighted by atomic mass is 10.1. The number of phenols is 2. The quantitative estimate of drug-likeness (QED) is 0.554. The van der Waals surface area contributed by atoms with Gasteiger partial charge in [0.05, 0.1) is 0 Å². The molecule has 2 aromatic carbocycles. The summed E-state index contributed by atoms with van der Waals surface area (Å²) >= 11 is 3.32. The predicted octanol–water partition coefficient (Wildman–Crippen LogP) is 4.40. The lowest BCUT2D eigenvalue weighted by Crippen LogP contribution is -1.79. The molecule has 0 bridgehead atoms. The third-order valence-electron chi connectivity index (χ3n) is 2.83. The molecule has 2 N–H and O–H groups in total. The highest BCUT2D eigenvalue weighted by Crippen LogP contribution is 2.33. The summed E-state index contributed by atoms with van der Waals surface area (Å²) in [6, 6.07) is 11.2. The largest absolute Gasteiger partial charge is 0.504 e. The molecule has 95 valence electrons. The fourth-order valence-corrected chi connectivity index (χ4v) is 3.39. The van der Waals surface area contributed by atoms with Gasteiger partial charge in [0.15, 0.2) is 11.5 Å². The molecule has 0 amide bonds. The first-order chi connectivity index (χ1) is 9.22. The van der Waals surface area contributed by atoms with Crippen LogP contribution in [0.5, 0.6) is 11.5 Å². The summed E-state index contributed by atoms with van der Waals surface area (Å²) in [5.41, 5.74) is 1.20. The van der Waals surface area contributed by atoms with Crippen molar-refractivity contribution in [1.82, 2.24) is 0 Å². The summed E-state index contributed by atoms with van der Waals surface area (Å²) in [5.74, 6) is 0.723. The molecule has 0 aliphatic carbocycles. The number of rotatable bonds is 3. The van der Waals surface area contributed by atoms with Gasteiger partial charge in [-0.1, -0.05) is 6.07 Å². The number of hydrogen-bond acceptors (Lipinski definition) is 4. The molecule has 0 fully saturated rings. The molecule has 0 atom stereocenters. The fraction of sp³-hybridized carbons (Fsp3) is 0.0667. The molecule has 4 heteroatoms. The minimum absolute atomic E-state index is 0.0826. The number of phenolic OH excluding ortho intramolecular Hbond substituents is 2. The van der Waals surface area contributed by atoms with E-state index in [4.69, 9.17) is 0 Å². The smallest absolute Gasteiger partial charge is 0.158 e. The highest BCUT2D eigenvalue weighted by Gasteiger charge is 2.04. The first-order valence-electron chi connectivity index (χ1n) is 5.75. The Morgan fingerprint density at radius 3 is 2.53 bits per heavy atom. The van der Waals surface area contributed by atoms with Crippen molar-refractivity contribution < 1.29 is 10.2 Å². The van der Waals surface area contributed by atoms with Crippen LogP contribution in [-0.4, -0.2) is 10.2 Å². The zero-order valence-corrected chi connectivity index (χ0v) is 11.6.